The van der Waals surface area contributed by atoms with E-state index in [0.717, 1.165) is 31.6 Å². The normalized spacial score (nSPS) is 31.6. The molecule has 2 saturated heterocycles. The Morgan fingerprint density at radius 2 is 2.10 bits per heavy atom. The van der Waals surface area contributed by atoms with Gasteiger partial charge in [0.1, 0.15) is 12.0 Å². The van der Waals surface area contributed by atoms with Gasteiger partial charge in [-0.3, -0.25) is 10.3 Å². The van der Waals surface area contributed by atoms with Gasteiger partial charge in [0.15, 0.2) is 0 Å². The van der Waals surface area contributed by atoms with Gasteiger partial charge in [-0.05, 0) is 41.8 Å². The molecule has 0 aliphatic carbocycles. The smallest absolute Gasteiger partial charge is 0.144 e. The van der Waals surface area contributed by atoms with Gasteiger partial charge in [-0.25, -0.2) is 9.40 Å². The Morgan fingerprint density at radius 1 is 1.34 bits per heavy atom. The summed E-state index contributed by atoms with van der Waals surface area (Å²) in [4.78, 5) is 4.57. The van der Waals surface area contributed by atoms with Crippen LogP contribution >= 0.6 is 0 Å². The summed E-state index contributed by atoms with van der Waals surface area (Å²) in [6.45, 7) is 10.4. The highest BCUT2D eigenvalue weighted by atomic mass is 19.1. The predicted octanol–water partition coefficient (Wildman–Crippen LogP) is 1.92. The molecule has 3 aliphatic rings. The molecule has 0 spiro atoms. The average Bonchev–Trinajstić information content (AvgIpc) is 3.07. The first kappa shape index (κ1) is 22.0. The largest absolute Gasteiger partial charge is 0.405 e. The molecule has 0 saturated carbocycles. The van der Waals surface area contributed by atoms with Gasteiger partial charge in [0.05, 0.1) is 11.7 Å². The van der Waals surface area contributed by atoms with Crippen molar-refractivity contribution in [2.24, 2.45) is 11.1 Å². The zero-order valence-corrected chi connectivity index (χ0v) is 18.5. The second kappa shape index (κ2) is 9.00. The molecule has 3 unspecified atom stereocenters. The molecule has 29 heavy (non-hydrogen) atoms. The Kier molecular flexibility index (Phi) is 6.83. The zero-order valence-electron chi connectivity index (χ0n) is 18.5. The molecule has 0 radical (unpaired) electrons. The molecule has 0 amide bonds. The predicted molar refractivity (Wildman–Crippen MR) is 117 cm³/mol. The Morgan fingerprint density at radius 3 is 2.79 bits per heavy atom. The lowest BCUT2D eigenvalue weighted by molar-refractivity contribution is 0.0460. The summed E-state index contributed by atoms with van der Waals surface area (Å²) in [5.41, 5.74) is 10.9. The van der Waals surface area contributed by atoms with Crippen molar-refractivity contribution < 1.29 is 4.39 Å². The van der Waals surface area contributed by atoms with Gasteiger partial charge in [0.2, 0.25) is 0 Å². The topological polar surface area (TPSA) is 59.8 Å². The highest BCUT2D eigenvalue weighted by Gasteiger charge is 2.40. The molecule has 4 N–H and O–H groups in total. The van der Waals surface area contributed by atoms with Crippen LogP contribution in [0.4, 0.5) is 4.39 Å². The molecule has 0 aromatic carbocycles. The van der Waals surface area contributed by atoms with Crippen molar-refractivity contribution in [3.05, 3.63) is 47.6 Å². The maximum absolute atomic E-state index is 15.1. The second-order valence-electron chi connectivity index (χ2n) is 8.94. The minimum Gasteiger partial charge on any atom is -0.405 e. The monoisotopic (exact) mass is 404 g/mol. The SMILES string of the molecule is CCC(C)(C)C1CN(C2C=CC(F)=C(C3/C(=C/C=C\N)CNN3C)N2C)CCN1. The lowest BCUT2D eigenvalue weighted by Gasteiger charge is -2.48. The number of rotatable bonds is 5. The van der Waals surface area contributed by atoms with E-state index in [0.29, 0.717) is 18.3 Å². The molecule has 3 heterocycles. The van der Waals surface area contributed by atoms with Gasteiger partial charge < -0.3 is 16.0 Å². The van der Waals surface area contributed by atoms with Gasteiger partial charge in [0, 0.05) is 46.3 Å². The van der Waals surface area contributed by atoms with Crippen LogP contribution in [-0.4, -0.2) is 73.3 Å². The van der Waals surface area contributed by atoms with E-state index in [9.17, 15) is 0 Å². The summed E-state index contributed by atoms with van der Waals surface area (Å²) < 4.78 is 15.1. The van der Waals surface area contributed by atoms with Crippen molar-refractivity contribution in [2.75, 3.05) is 40.3 Å². The summed E-state index contributed by atoms with van der Waals surface area (Å²) in [7, 11) is 3.97. The molecular weight excluding hydrogens is 367 g/mol. The Bertz CT molecular complexity index is 710. The van der Waals surface area contributed by atoms with Crippen LogP contribution in [0.5, 0.6) is 0 Å². The van der Waals surface area contributed by atoms with E-state index in [-0.39, 0.29) is 23.4 Å². The number of hydrazine groups is 1. The number of piperazine rings is 1. The molecule has 0 bridgehead atoms. The third-order valence-electron chi connectivity index (χ3n) is 6.82. The standard InChI is InChI=1S/C22H37FN6/c1-6-22(2,3)18-15-29(13-12-25-18)19-10-9-17(23)21(27(19)4)20-16(8-7-11-24)14-26-28(20)5/h7-11,18-20,25-26H,6,12-15,24H2,1-5H3/b11-7-,16-8+. The van der Waals surface area contributed by atoms with Crippen molar-refractivity contribution in [3.63, 3.8) is 0 Å². The minimum absolute atomic E-state index is 0.0436. The van der Waals surface area contributed by atoms with Crippen molar-refractivity contribution in [1.82, 2.24) is 25.6 Å². The fourth-order valence-electron chi connectivity index (χ4n) is 4.51. The molecule has 162 valence electrons. The van der Waals surface area contributed by atoms with Crippen molar-refractivity contribution in [1.29, 1.82) is 0 Å². The van der Waals surface area contributed by atoms with Gasteiger partial charge in [-0.1, -0.05) is 26.8 Å². The molecule has 3 atom stereocenters. The van der Waals surface area contributed by atoms with Crippen molar-refractivity contribution in [2.45, 2.75) is 45.4 Å². The quantitative estimate of drug-likeness (QED) is 0.651. The Balaban J connectivity index is 1.84. The first-order chi connectivity index (χ1) is 13.8. The van der Waals surface area contributed by atoms with Crippen LogP contribution in [0.25, 0.3) is 0 Å². The summed E-state index contributed by atoms with van der Waals surface area (Å²) >= 11 is 0. The number of nitrogens with zero attached hydrogens (tertiary/aromatic N) is 3. The summed E-state index contributed by atoms with van der Waals surface area (Å²) in [5, 5.41) is 5.67. The third kappa shape index (κ3) is 4.43. The van der Waals surface area contributed by atoms with E-state index in [2.05, 4.69) is 41.3 Å². The Labute approximate surface area is 174 Å². The molecule has 0 aromatic rings. The fourth-order valence-corrected chi connectivity index (χ4v) is 4.51. The number of hydrogen-bond acceptors (Lipinski definition) is 6. The highest BCUT2D eigenvalue weighted by Crippen LogP contribution is 2.34. The van der Waals surface area contributed by atoms with E-state index in [4.69, 9.17) is 5.73 Å². The van der Waals surface area contributed by atoms with Gasteiger partial charge in [0.25, 0.3) is 0 Å². The lowest BCUT2D eigenvalue weighted by Crippen LogP contribution is -2.61. The number of likely N-dealkylation sites (N-methyl/N-ethyl adjacent to an activating group) is 2. The van der Waals surface area contributed by atoms with Crippen LogP contribution < -0.4 is 16.5 Å². The third-order valence-corrected chi connectivity index (χ3v) is 6.82. The van der Waals surface area contributed by atoms with Gasteiger partial charge >= 0.3 is 0 Å². The van der Waals surface area contributed by atoms with Gasteiger partial charge in [-0.15, -0.1) is 0 Å². The first-order valence-electron chi connectivity index (χ1n) is 10.6. The van der Waals surface area contributed by atoms with E-state index in [1.165, 1.54) is 6.20 Å². The Hall–Kier alpha value is -1.67. The van der Waals surface area contributed by atoms with Crippen LogP contribution in [-0.2, 0) is 0 Å². The van der Waals surface area contributed by atoms with E-state index in [1.807, 2.05) is 37.3 Å². The highest BCUT2D eigenvalue weighted by molar-refractivity contribution is 5.38. The number of hydrogen-bond donors (Lipinski definition) is 3. The summed E-state index contributed by atoms with van der Waals surface area (Å²) in [5.74, 6) is -0.174. The fraction of sp³-hybridized carbons (Fsp3) is 0.636. The van der Waals surface area contributed by atoms with E-state index < -0.39 is 0 Å². The summed E-state index contributed by atoms with van der Waals surface area (Å²) in [6, 6.07) is 0.262. The van der Waals surface area contributed by atoms with Gasteiger partial charge in [-0.2, -0.15) is 0 Å². The van der Waals surface area contributed by atoms with Crippen LogP contribution in [0.15, 0.2) is 47.6 Å². The molecule has 0 aromatic heterocycles. The molecule has 3 rings (SSSR count). The number of nitrogens with two attached hydrogens (primary N) is 1. The number of nitrogens with one attached hydrogen (secondary N) is 2. The van der Waals surface area contributed by atoms with E-state index in [1.54, 1.807) is 6.08 Å². The van der Waals surface area contributed by atoms with E-state index >= 15 is 4.39 Å². The first-order valence-corrected chi connectivity index (χ1v) is 10.6. The molecule has 6 nitrogen and oxygen atoms in total. The number of halogens is 1. The minimum atomic E-state index is -0.174. The maximum atomic E-state index is 15.1. The zero-order chi connectivity index (χ0) is 21.2. The number of allylic oxidation sites excluding steroid dienone is 4. The van der Waals surface area contributed by atoms with Crippen molar-refractivity contribution in [3.8, 4) is 0 Å². The summed E-state index contributed by atoms with van der Waals surface area (Å²) in [6.07, 6.45) is 10.1. The molecule has 3 aliphatic heterocycles. The average molecular weight is 405 g/mol. The van der Waals surface area contributed by atoms with Crippen molar-refractivity contribution >= 4 is 0 Å². The van der Waals surface area contributed by atoms with Crippen LogP contribution in [0.2, 0.25) is 0 Å². The second-order valence-corrected chi connectivity index (χ2v) is 8.94. The van der Waals surface area contributed by atoms with Crippen LogP contribution in [0, 0.1) is 5.41 Å². The molecule has 7 heteroatoms. The molecule has 2 fully saturated rings. The lowest BCUT2D eigenvalue weighted by atomic mass is 9.80. The van der Waals surface area contributed by atoms with Crippen LogP contribution in [0.3, 0.4) is 0 Å². The molecular formula is C22H37FN6. The maximum Gasteiger partial charge on any atom is 0.144 e. The van der Waals surface area contributed by atoms with Crippen LogP contribution in [0.1, 0.15) is 27.2 Å².